The van der Waals surface area contributed by atoms with Crippen LogP contribution in [0.3, 0.4) is 0 Å². The van der Waals surface area contributed by atoms with E-state index in [9.17, 15) is 4.79 Å². The van der Waals surface area contributed by atoms with Gasteiger partial charge in [0.25, 0.3) is 5.91 Å². The standard InChI is InChI=1S/C17H17Cl2NO2S/c1-22-16-14(18)9-13(10-15(16)19)17(21)20-7-8-23-11-12-5-3-2-4-6-12/h2-6,9-10H,7-8,11H2,1H3,(H,20,21). The van der Waals surface area contributed by atoms with Gasteiger partial charge in [0.2, 0.25) is 0 Å². The van der Waals surface area contributed by atoms with Crippen LogP contribution in [-0.4, -0.2) is 25.3 Å². The summed E-state index contributed by atoms with van der Waals surface area (Å²) in [5.41, 5.74) is 1.70. The predicted octanol–water partition coefficient (Wildman–Crippen LogP) is 4.67. The van der Waals surface area contributed by atoms with Gasteiger partial charge in [0, 0.05) is 23.6 Å². The third kappa shape index (κ3) is 5.34. The Labute approximate surface area is 150 Å². The topological polar surface area (TPSA) is 38.3 Å². The molecule has 0 atom stereocenters. The van der Waals surface area contributed by atoms with E-state index in [-0.39, 0.29) is 5.91 Å². The molecule has 6 heteroatoms. The number of thioether (sulfide) groups is 1. The first-order valence-corrected chi connectivity index (χ1v) is 8.95. The Morgan fingerprint density at radius 2 is 1.83 bits per heavy atom. The normalized spacial score (nSPS) is 10.4. The number of nitrogens with one attached hydrogen (secondary N) is 1. The highest BCUT2D eigenvalue weighted by Gasteiger charge is 2.13. The van der Waals surface area contributed by atoms with Crippen LogP contribution in [0.2, 0.25) is 10.0 Å². The van der Waals surface area contributed by atoms with Crippen molar-refractivity contribution in [2.24, 2.45) is 0 Å². The minimum Gasteiger partial charge on any atom is -0.494 e. The number of rotatable bonds is 7. The largest absolute Gasteiger partial charge is 0.494 e. The third-order valence-corrected chi connectivity index (χ3v) is 4.70. The molecule has 1 N–H and O–H groups in total. The van der Waals surface area contributed by atoms with E-state index in [0.29, 0.717) is 27.9 Å². The van der Waals surface area contributed by atoms with Crippen LogP contribution in [0.4, 0.5) is 0 Å². The molecule has 0 aliphatic heterocycles. The van der Waals surface area contributed by atoms with E-state index in [1.54, 1.807) is 23.9 Å². The summed E-state index contributed by atoms with van der Waals surface area (Å²) in [6, 6.07) is 13.3. The summed E-state index contributed by atoms with van der Waals surface area (Å²) in [6.07, 6.45) is 0. The monoisotopic (exact) mass is 369 g/mol. The molecule has 0 fully saturated rings. The van der Waals surface area contributed by atoms with Crippen molar-refractivity contribution in [1.29, 1.82) is 0 Å². The van der Waals surface area contributed by atoms with E-state index in [1.165, 1.54) is 12.7 Å². The van der Waals surface area contributed by atoms with Crippen LogP contribution in [0.1, 0.15) is 15.9 Å². The lowest BCUT2D eigenvalue weighted by molar-refractivity contribution is 0.0956. The number of ether oxygens (including phenoxy) is 1. The van der Waals surface area contributed by atoms with E-state index < -0.39 is 0 Å². The first-order chi connectivity index (χ1) is 11.1. The summed E-state index contributed by atoms with van der Waals surface area (Å²) >= 11 is 13.8. The second-order valence-corrected chi connectivity index (χ2v) is 6.69. The van der Waals surface area contributed by atoms with Crippen LogP contribution in [0.25, 0.3) is 0 Å². The molecule has 0 bridgehead atoms. The second kappa shape index (κ2) is 9.06. The van der Waals surface area contributed by atoms with Crippen molar-refractivity contribution in [3.63, 3.8) is 0 Å². The predicted molar refractivity (Wildman–Crippen MR) is 98.0 cm³/mol. The fourth-order valence-electron chi connectivity index (χ4n) is 1.99. The first kappa shape index (κ1) is 18.0. The van der Waals surface area contributed by atoms with Crippen LogP contribution in [0.5, 0.6) is 5.75 Å². The minimum absolute atomic E-state index is 0.197. The molecule has 122 valence electrons. The Kier molecular flexibility index (Phi) is 7.09. The van der Waals surface area contributed by atoms with Gasteiger partial charge in [0.15, 0.2) is 5.75 Å². The molecule has 0 heterocycles. The molecule has 0 aromatic heterocycles. The van der Waals surface area contributed by atoms with Gasteiger partial charge in [-0.25, -0.2) is 0 Å². The Balaban J connectivity index is 1.79. The van der Waals surface area contributed by atoms with E-state index in [2.05, 4.69) is 17.4 Å². The number of halogens is 2. The second-order valence-electron chi connectivity index (χ2n) is 4.77. The minimum atomic E-state index is -0.197. The zero-order valence-corrected chi connectivity index (χ0v) is 15.0. The van der Waals surface area contributed by atoms with E-state index in [1.807, 2.05) is 18.2 Å². The fraction of sp³-hybridized carbons (Fsp3) is 0.235. The van der Waals surface area contributed by atoms with Gasteiger partial charge in [-0.3, -0.25) is 4.79 Å². The molecule has 1 amide bonds. The van der Waals surface area contributed by atoms with Crippen molar-refractivity contribution in [2.75, 3.05) is 19.4 Å². The molecule has 0 unspecified atom stereocenters. The molecule has 0 spiro atoms. The number of carbonyl (C=O) groups excluding carboxylic acids is 1. The van der Waals surface area contributed by atoms with Crippen LogP contribution in [0.15, 0.2) is 42.5 Å². The van der Waals surface area contributed by atoms with Crippen LogP contribution < -0.4 is 10.1 Å². The maximum Gasteiger partial charge on any atom is 0.251 e. The lowest BCUT2D eigenvalue weighted by Crippen LogP contribution is -2.25. The van der Waals surface area contributed by atoms with Crippen molar-refractivity contribution in [1.82, 2.24) is 5.32 Å². The first-order valence-electron chi connectivity index (χ1n) is 7.04. The van der Waals surface area contributed by atoms with Crippen molar-refractivity contribution in [3.8, 4) is 5.75 Å². The van der Waals surface area contributed by atoms with Crippen molar-refractivity contribution < 1.29 is 9.53 Å². The molecule has 0 saturated carbocycles. The van der Waals surface area contributed by atoms with Crippen LogP contribution in [-0.2, 0) is 5.75 Å². The average molecular weight is 370 g/mol. The van der Waals surface area contributed by atoms with Crippen molar-refractivity contribution in [3.05, 3.63) is 63.6 Å². The lowest BCUT2D eigenvalue weighted by atomic mass is 10.2. The Bertz CT molecular complexity index is 642. The summed E-state index contributed by atoms with van der Waals surface area (Å²) in [5, 5.41) is 3.50. The summed E-state index contributed by atoms with van der Waals surface area (Å²) in [4.78, 5) is 12.1. The van der Waals surface area contributed by atoms with Gasteiger partial charge in [-0.15, -0.1) is 0 Å². The van der Waals surface area contributed by atoms with E-state index in [0.717, 1.165) is 11.5 Å². The number of carbonyl (C=O) groups is 1. The molecule has 0 aliphatic rings. The van der Waals surface area contributed by atoms with Crippen molar-refractivity contribution in [2.45, 2.75) is 5.75 Å². The summed E-state index contributed by atoms with van der Waals surface area (Å²) < 4.78 is 5.07. The fourth-order valence-corrected chi connectivity index (χ4v) is 3.45. The quantitative estimate of drug-likeness (QED) is 0.720. The molecular formula is C17H17Cl2NO2S. The van der Waals surface area contributed by atoms with Gasteiger partial charge < -0.3 is 10.1 Å². The zero-order chi connectivity index (χ0) is 16.7. The van der Waals surface area contributed by atoms with Crippen LogP contribution >= 0.6 is 35.0 Å². The van der Waals surface area contributed by atoms with E-state index >= 15 is 0 Å². The molecule has 2 rings (SSSR count). The molecule has 2 aromatic carbocycles. The van der Waals surface area contributed by atoms with Gasteiger partial charge in [-0.1, -0.05) is 53.5 Å². The average Bonchev–Trinajstić information content (AvgIpc) is 2.55. The number of benzene rings is 2. The maximum absolute atomic E-state index is 12.1. The maximum atomic E-state index is 12.1. The summed E-state index contributed by atoms with van der Waals surface area (Å²) in [6.45, 7) is 0.581. The highest BCUT2D eigenvalue weighted by atomic mass is 35.5. The van der Waals surface area contributed by atoms with Gasteiger partial charge in [0.05, 0.1) is 17.2 Å². The smallest absolute Gasteiger partial charge is 0.251 e. The van der Waals surface area contributed by atoms with Crippen molar-refractivity contribution >= 4 is 40.9 Å². The molecular weight excluding hydrogens is 353 g/mol. The van der Waals surface area contributed by atoms with Crippen LogP contribution in [0, 0.1) is 0 Å². The molecule has 0 radical (unpaired) electrons. The number of amides is 1. The summed E-state index contributed by atoms with van der Waals surface area (Å²) in [7, 11) is 1.48. The molecule has 23 heavy (non-hydrogen) atoms. The number of methoxy groups -OCH3 is 1. The summed E-state index contributed by atoms with van der Waals surface area (Å²) in [5.74, 6) is 1.94. The number of hydrogen-bond donors (Lipinski definition) is 1. The molecule has 3 nitrogen and oxygen atoms in total. The number of hydrogen-bond acceptors (Lipinski definition) is 3. The Hall–Kier alpha value is -1.36. The Morgan fingerprint density at radius 3 is 2.43 bits per heavy atom. The SMILES string of the molecule is COc1c(Cl)cc(C(=O)NCCSCc2ccccc2)cc1Cl. The highest BCUT2D eigenvalue weighted by Crippen LogP contribution is 2.33. The molecule has 2 aromatic rings. The molecule has 0 aliphatic carbocycles. The van der Waals surface area contributed by atoms with Gasteiger partial charge in [-0.05, 0) is 17.7 Å². The third-order valence-electron chi connectivity index (χ3n) is 3.11. The molecule has 0 saturated heterocycles. The highest BCUT2D eigenvalue weighted by molar-refractivity contribution is 7.98. The zero-order valence-electron chi connectivity index (χ0n) is 12.6. The Morgan fingerprint density at radius 1 is 1.17 bits per heavy atom. The van der Waals surface area contributed by atoms with E-state index in [4.69, 9.17) is 27.9 Å². The van der Waals surface area contributed by atoms with Gasteiger partial charge in [-0.2, -0.15) is 11.8 Å². The van der Waals surface area contributed by atoms with Gasteiger partial charge in [0.1, 0.15) is 0 Å². The van der Waals surface area contributed by atoms with Gasteiger partial charge >= 0.3 is 0 Å². The lowest BCUT2D eigenvalue weighted by Gasteiger charge is -2.09.